The van der Waals surface area contributed by atoms with Gasteiger partial charge in [-0.3, -0.25) is 0 Å². The average Bonchev–Trinajstić information content (AvgIpc) is 2.56. The minimum Gasteiger partial charge on any atom is -0.195 e. The van der Waals surface area contributed by atoms with Crippen molar-refractivity contribution in [1.29, 1.82) is 0 Å². The van der Waals surface area contributed by atoms with Crippen LogP contribution in [0.15, 0.2) is 36.4 Å². The fourth-order valence-electron chi connectivity index (χ4n) is 3.29. The van der Waals surface area contributed by atoms with Gasteiger partial charge < -0.3 is 0 Å². The molecule has 0 spiro atoms. The van der Waals surface area contributed by atoms with Crippen LogP contribution in [0, 0.1) is 5.92 Å². The minimum atomic E-state index is -3.30. The van der Waals surface area contributed by atoms with Crippen molar-refractivity contribution in [3.05, 3.63) is 42.0 Å². The molecule has 0 aliphatic carbocycles. The van der Waals surface area contributed by atoms with Crippen LogP contribution < -0.4 is 0 Å². The summed E-state index contributed by atoms with van der Waals surface area (Å²) in [4.78, 5) is 0. The third-order valence-electron chi connectivity index (χ3n) is 4.59. The van der Waals surface area contributed by atoms with Crippen LogP contribution in [0.25, 0.3) is 5.57 Å². The van der Waals surface area contributed by atoms with Gasteiger partial charge >= 0.3 is 0 Å². The Hall–Kier alpha value is -1.17. The van der Waals surface area contributed by atoms with Crippen LogP contribution in [-0.2, 0) is 10.2 Å². The SMILES string of the molecule is C[C@H]1CCCN(S(=O)(=O)N2CC=C(c3ccccc3)CC2)C1. The van der Waals surface area contributed by atoms with E-state index in [1.165, 1.54) is 11.1 Å². The van der Waals surface area contributed by atoms with Crippen LogP contribution in [-0.4, -0.2) is 43.2 Å². The normalized spacial score (nSPS) is 25.0. The minimum absolute atomic E-state index is 0.462. The summed E-state index contributed by atoms with van der Waals surface area (Å²) in [5, 5.41) is 0. The van der Waals surface area contributed by atoms with E-state index in [-0.39, 0.29) is 0 Å². The molecule has 22 heavy (non-hydrogen) atoms. The van der Waals surface area contributed by atoms with Gasteiger partial charge in [0.25, 0.3) is 10.2 Å². The fourth-order valence-corrected chi connectivity index (χ4v) is 5.01. The highest BCUT2D eigenvalue weighted by Gasteiger charge is 2.33. The first-order valence-corrected chi connectivity index (χ1v) is 9.47. The topological polar surface area (TPSA) is 40.6 Å². The van der Waals surface area contributed by atoms with E-state index >= 15 is 0 Å². The second kappa shape index (κ2) is 6.52. The molecule has 2 heterocycles. The maximum Gasteiger partial charge on any atom is 0.282 e. The lowest BCUT2D eigenvalue weighted by molar-refractivity contribution is 0.260. The molecule has 120 valence electrons. The van der Waals surface area contributed by atoms with Crippen molar-refractivity contribution in [1.82, 2.24) is 8.61 Å². The smallest absolute Gasteiger partial charge is 0.195 e. The molecule has 5 heteroatoms. The zero-order chi connectivity index (χ0) is 15.6. The van der Waals surface area contributed by atoms with Gasteiger partial charge in [-0.15, -0.1) is 0 Å². The van der Waals surface area contributed by atoms with Gasteiger partial charge in [0.05, 0.1) is 0 Å². The van der Waals surface area contributed by atoms with Crippen molar-refractivity contribution in [2.45, 2.75) is 26.2 Å². The molecule has 0 N–H and O–H groups in total. The lowest BCUT2D eigenvalue weighted by Gasteiger charge is -2.35. The summed E-state index contributed by atoms with van der Waals surface area (Å²) in [7, 11) is -3.30. The van der Waals surface area contributed by atoms with Gasteiger partial charge in [-0.1, -0.05) is 43.3 Å². The summed E-state index contributed by atoms with van der Waals surface area (Å²) in [6.07, 6.45) is 4.94. The number of hydrogen-bond donors (Lipinski definition) is 0. The largest absolute Gasteiger partial charge is 0.282 e. The highest BCUT2D eigenvalue weighted by atomic mass is 32.2. The van der Waals surface area contributed by atoms with E-state index < -0.39 is 10.2 Å². The van der Waals surface area contributed by atoms with Crippen LogP contribution in [0.5, 0.6) is 0 Å². The molecule has 0 unspecified atom stereocenters. The van der Waals surface area contributed by atoms with Gasteiger partial charge in [0.15, 0.2) is 0 Å². The number of hydrogen-bond acceptors (Lipinski definition) is 2. The van der Waals surface area contributed by atoms with Crippen LogP contribution in [0.4, 0.5) is 0 Å². The second-order valence-corrected chi connectivity index (χ2v) is 8.25. The van der Waals surface area contributed by atoms with Crippen molar-refractivity contribution in [2.24, 2.45) is 5.92 Å². The van der Waals surface area contributed by atoms with Gasteiger partial charge in [-0.25, -0.2) is 0 Å². The van der Waals surface area contributed by atoms with E-state index in [4.69, 9.17) is 0 Å². The molecule has 1 saturated heterocycles. The Morgan fingerprint density at radius 2 is 1.86 bits per heavy atom. The number of benzene rings is 1. The van der Waals surface area contributed by atoms with Gasteiger partial charge in [0.1, 0.15) is 0 Å². The Balaban J connectivity index is 1.71. The van der Waals surface area contributed by atoms with Gasteiger partial charge in [-0.05, 0) is 36.3 Å². The van der Waals surface area contributed by atoms with Gasteiger partial charge in [0, 0.05) is 26.2 Å². The van der Waals surface area contributed by atoms with Crippen LogP contribution in [0.3, 0.4) is 0 Å². The van der Waals surface area contributed by atoms with E-state index in [1.54, 1.807) is 8.61 Å². The second-order valence-electron chi connectivity index (χ2n) is 6.32. The average molecular weight is 320 g/mol. The van der Waals surface area contributed by atoms with E-state index in [2.05, 4.69) is 25.1 Å². The maximum absolute atomic E-state index is 12.8. The third kappa shape index (κ3) is 3.26. The molecule has 4 nitrogen and oxygen atoms in total. The Morgan fingerprint density at radius 1 is 1.09 bits per heavy atom. The van der Waals surface area contributed by atoms with Crippen molar-refractivity contribution < 1.29 is 8.42 Å². The monoisotopic (exact) mass is 320 g/mol. The molecule has 1 aromatic carbocycles. The van der Waals surface area contributed by atoms with Crippen molar-refractivity contribution in [2.75, 3.05) is 26.2 Å². The molecule has 1 aromatic rings. The summed E-state index contributed by atoms with van der Waals surface area (Å²) in [5.74, 6) is 0.462. The predicted octanol–water partition coefficient (Wildman–Crippen LogP) is 2.75. The summed E-state index contributed by atoms with van der Waals surface area (Å²) in [5.41, 5.74) is 2.45. The predicted molar refractivity (Wildman–Crippen MR) is 89.5 cm³/mol. The molecule has 1 atom stereocenters. The zero-order valence-electron chi connectivity index (χ0n) is 13.1. The molecular weight excluding hydrogens is 296 g/mol. The third-order valence-corrected chi connectivity index (χ3v) is 6.56. The first-order valence-electron chi connectivity index (χ1n) is 8.07. The number of piperidine rings is 1. The molecule has 1 fully saturated rings. The Labute approximate surface area is 133 Å². The molecule has 3 rings (SSSR count). The number of nitrogens with zero attached hydrogens (tertiary/aromatic N) is 2. The van der Waals surface area contributed by atoms with Crippen LogP contribution >= 0.6 is 0 Å². The molecule has 0 saturated carbocycles. The van der Waals surface area contributed by atoms with Crippen molar-refractivity contribution in [3.63, 3.8) is 0 Å². The van der Waals surface area contributed by atoms with E-state index in [0.717, 1.165) is 19.3 Å². The Morgan fingerprint density at radius 3 is 2.50 bits per heavy atom. The van der Waals surface area contributed by atoms with Crippen molar-refractivity contribution in [3.8, 4) is 0 Å². The zero-order valence-corrected chi connectivity index (χ0v) is 13.9. The Kier molecular flexibility index (Phi) is 4.66. The van der Waals surface area contributed by atoms with Crippen LogP contribution in [0.1, 0.15) is 31.7 Å². The summed E-state index contributed by atoms with van der Waals surface area (Å²) >= 11 is 0. The standard InChI is InChI=1S/C17H24N2O2S/c1-15-6-5-11-19(14-15)22(20,21)18-12-9-17(10-13-18)16-7-3-2-4-8-16/h2-4,7-9,15H,5-6,10-14H2,1H3/t15-/m0/s1. The summed E-state index contributed by atoms with van der Waals surface area (Å²) in [6, 6.07) is 10.2. The van der Waals surface area contributed by atoms with Gasteiger partial charge in [-0.2, -0.15) is 17.0 Å². The maximum atomic E-state index is 12.8. The fraction of sp³-hybridized carbons (Fsp3) is 0.529. The first-order chi connectivity index (χ1) is 10.6. The number of rotatable bonds is 3. The van der Waals surface area contributed by atoms with Gasteiger partial charge in [0.2, 0.25) is 0 Å². The molecule has 0 amide bonds. The Bertz CT molecular complexity index is 640. The van der Waals surface area contributed by atoms with E-state index in [9.17, 15) is 8.42 Å². The molecule has 2 aliphatic rings. The summed E-state index contributed by atoms with van der Waals surface area (Å²) < 4.78 is 28.8. The highest BCUT2D eigenvalue weighted by molar-refractivity contribution is 7.86. The summed E-state index contributed by atoms with van der Waals surface area (Å²) in [6.45, 7) is 4.52. The molecular formula is C17H24N2O2S. The lowest BCUT2D eigenvalue weighted by atomic mass is 10.0. The quantitative estimate of drug-likeness (QED) is 0.859. The lowest BCUT2D eigenvalue weighted by Crippen LogP contribution is -2.48. The molecule has 0 radical (unpaired) electrons. The van der Waals surface area contributed by atoms with Crippen molar-refractivity contribution >= 4 is 15.8 Å². The highest BCUT2D eigenvalue weighted by Crippen LogP contribution is 2.26. The van der Waals surface area contributed by atoms with E-state index in [1.807, 2.05) is 18.2 Å². The molecule has 0 bridgehead atoms. The first kappa shape index (κ1) is 15.7. The molecule has 0 aromatic heterocycles. The molecule has 2 aliphatic heterocycles. The van der Waals surface area contributed by atoms with E-state index in [0.29, 0.717) is 32.1 Å². The van der Waals surface area contributed by atoms with Crippen LogP contribution in [0.2, 0.25) is 0 Å².